The molecule has 0 aliphatic rings. The van der Waals surface area contributed by atoms with Crippen LogP contribution in [0.3, 0.4) is 0 Å². The molecule has 0 unspecified atom stereocenters. The normalized spacial score (nSPS) is 11.0. The Kier molecular flexibility index (Phi) is 5.90. The molecule has 20 heavy (non-hydrogen) atoms. The van der Waals surface area contributed by atoms with Gasteiger partial charge in [-0.2, -0.15) is 0 Å². The first kappa shape index (κ1) is 15.9. The average molecular weight is 279 g/mol. The van der Waals surface area contributed by atoms with E-state index in [1.807, 2.05) is 13.8 Å². The number of carboxylic acid groups (broad SMARTS) is 1. The lowest BCUT2D eigenvalue weighted by molar-refractivity contribution is -0.131. The molecule has 0 aliphatic heterocycles. The van der Waals surface area contributed by atoms with Crippen molar-refractivity contribution in [1.82, 2.24) is 0 Å². The highest BCUT2D eigenvalue weighted by molar-refractivity contribution is 5.91. The summed E-state index contributed by atoms with van der Waals surface area (Å²) in [5, 5.41) is 11.1. The summed E-state index contributed by atoms with van der Waals surface area (Å²) in [6.45, 7) is 4.05. The van der Waals surface area contributed by atoms with Gasteiger partial charge in [-0.3, -0.25) is 4.79 Å². The van der Waals surface area contributed by atoms with E-state index in [1.54, 1.807) is 0 Å². The number of carbonyl (C=O) groups is 2. The van der Waals surface area contributed by atoms with Crippen LogP contribution in [0.5, 0.6) is 0 Å². The third kappa shape index (κ3) is 5.65. The average Bonchev–Trinajstić information content (AvgIpc) is 2.35. The number of hydrogen-bond donors (Lipinski definition) is 2. The number of aliphatic carboxylic acids is 1. The molecule has 0 heterocycles. The molecule has 0 spiro atoms. The van der Waals surface area contributed by atoms with E-state index >= 15 is 0 Å². The summed E-state index contributed by atoms with van der Waals surface area (Å²) in [6, 6.07) is 4.14. The van der Waals surface area contributed by atoms with Crippen molar-refractivity contribution in [2.75, 3.05) is 5.32 Å². The summed E-state index contributed by atoms with van der Waals surface area (Å²) in [6.07, 6.45) is 3.19. The van der Waals surface area contributed by atoms with E-state index in [9.17, 15) is 14.0 Å². The number of hydrogen-bond acceptors (Lipinski definition) is 2. The molecule has 0 radical (unpaired) electrons. The van der Waals surface area contributed by atoms with Gasteiger partial charge in [-0.25, -0.2) is 9.18 Å². The molecule has 0 saturated heterocycles. The van der Waals surface area contributed by atoms with Crippen LogP contribution in [0.4, 0.5) is 10.1 Å². The minimum Gasteiger partial charge on any atom is -0.478 e. The van der Waals surface area contributed by atoms with Gasteiger partial charge in [0.2, 0.25) is 5.91 Å². The van der Waals surface area contributed by atoms with Crippen molar-refractivity contribution < 1.29 is 19.1 Å². The van der Waals surface area contributed by atoms with Crippen LogP contribution in [0.15, 0.2) is 24.3 Å². The topological polar surface area (TPSA) is 66.4 Å². The predicted octanol–water partition coefficient (Wildman–Crippen LogP) is 3.30. The van der Waals surface area contributed by atoms with Gasteiger partial charge < -0.3 is 10.4 Å². The number of carboxylic acids is 1. The fourth-order valence-electron chi connectivity index (χ4n) is 1.54. The molecule has 5 heteroatoms. The van der Waals surface area contributed by atoms with Gasteiger partial charge in [-0.05, 0) is 36.6 Å². The lowest BCUT2D eigenvalue weighted by Crippen LogP contribution is -2.12. The number of benzene rings is 1. The lowest BCUT2D eigenvalue weighted by atomic mass is 10.1. The zero-order chi connectivity index (χ0) is 15.1. The Bertz CT molecular complexity index is 524. The van der Waals surface area contributed by atoms with Gasteiger partial charge in [-0.1, -0.05) is 13.8 Å². The van der Waals surface area contributed by atoms with Crippen LogP contribution in [0.1, 0.15) is 32.3 Å². The highest BCUT2D eigenvalue weighted by Crippen LogP contribution is 2.16. The van der Waals surface area contributed by atoms with E-state index < -0.39 is 11.8 Å². The second-order valence-electron chi connectivity index (χ2n) is 4.89. The van der Waals surface area contributed by atoms with Gasteiger partial charge >= 0.3 is 5.97 Å². The number of nitrogens with one attached hydrogen (secondary N) is 1. The molecule has 108 valence electrons. The maximum atomic E-state index is 13.7. The second-order valence-corrected chi connectivity index (χ2v) is 4.89. The lowest BCUT2D eigenvalue weighted by Gasteiger charge is -2.07. The molecule has 0 saturated carbocycles. The Hall–Kier alpha value is -2.17. The van der Waals surface area contributed by atoms with Crippen LogP contribution in [0, 0.1) is 11.7 Å². The molecule has 0 aliphatic carbocycles. The monoisotopic (exact) mass is 279 g/mol. The third-order valence-corrected chi connectivity index (χ3v) is 2.64. The van der Waals surface area contributed by atoms with Crippen LogP contribution >= 0.6 is 0 Å². The quantitative estimate of drug-likeness (QED) is 0.785. The first-order valence-electron chi connectivity index (χ1n) is 6.39. The largest absolute Gasteiger partial charge is 0.478 e. The molecule has 1 amide bonds. The van der Waals surface area contributed by atoms with Crippen molar-refractivity contribution in [1.29, 1.82) is 0 Å². The van der Waals surface area contributed by atoms with Crippen LogP contribution in [0.25, 0.3) is 6.08 Å². The summed E-state index contributed by atoms with van der Waals surface area (Å²) in [7, 11) is 0. The van der Waals surface area contributed by atoms with Gasteiger partial charge in [0.05, 0.1) is 0 Å². The summed E-state index contributed by atoms with van der Waals surface area (Å²) in [5.41, 5.74) is 0.524. The molecule has 2 N–H and O–H groups in total. The molecular formula is C15H18FNO3. The Morgan fingerprint density at radius 1 is 1.40 bits per heavy atom. The first-order chi connectivity index (χ1) is 9.38. The zero-order valence-electron chi connectivity index (χ0n) is 11.5. The highest BCUT2D eigenvalue weighted by atomic mass is 19.1. The fourth-order valence-corrected chi connectivity index (χ4v) is 1.54. The molecular weight excluding hydrogens is 261 g/mol. The molecule has 0 bridgehead atoms. The fraction of sp³-hybridized carbons (Fsp3) is 0.333. The van der Waals surface area contributed by atoms with Crippen LogP contribution < -0.4 is 5.32 Å². The number of halogens is 1. The summed E-state index contributed by atoms with van der Waals surface area (Å²) >= 11 is 0. The van der Waals surface area contributed by atoms with Crippen molar-refractivity contribution in [2.45, 2.75) is 26.7 Å². The van der Waals surface area contributed by atoms with Crippen molar-refractivity contribution in [3.05, 3.63) is 35.7 Å². The third-order valence-electron chi connectivity index (χ3n) is 2.64. The van der Waals surface area contributed by atoms with Gasteiger partial charge in [0.15, 0.2) is 0 Å². The first-order valence-corrected chi connectivity index (χ1v) is 6.39. The van der Waals surface area contributed by atoms with Crippen LogP contribution in [0.2, 0.25) is 0 Å². The minimum absolute atomic E-state index is 0.160. The number of amides is 1. The van der Waals surface area contributed by atoms with Gasteiger partial charge in [0.25, 0.3) is 0 Å². The van der Waals surface area contributed by atoms with Gasteiger partial charge in [0, 0.05) is 23.7 Å². The van der Waals surface area contributed by atoms with E-state index in [0.29, 0.717) is 18.0 Å². The second kappa shape index (κ2) is 7.43. The SMILES string of the molecule is CC(C)CCC(=O)Nc1ccc(C=CC(=O)O)c(F)c1. The summed E-state index contributed by atoms with van der Waals surface area (Å²) in [5.74, 6) is -1.45. The predicted molar refractivity (Wildman–Crippen MR) is 75.8 cm³/mol. The molecule has 0 atom stereocenters. The molecule has 1 aromatic rings. The van der Waals surface area contributed by atoms with E-state index in [2.05, 4.69) is 5.32 Å². The van der Waals surface area contributed by atoms with Crippen LogP contribution in [-0.4, -0.2) is 17.0 Å². The summed E-state index contributed by atoms with van der Waals surface area (Å²) in [4.78, 5) is 22.0. The Morgan fingerprint density at radius 2 is 2.10 bits per heavy atom. The van der Waals surface area contributed by atoms with Crippen molar-refractivity contribution in [3.63, 3.8) is 0 Å². The maximum absolute atomic E-state index is 13.7. The molecule has 0 fully saturated rings. The number of carbonyl (C=O) groups excluding carboxylic acids is 1. The molecule has 1 aromatic carbocycles. The maximum Gasteiger partial charge on any atom is 0.328 e. The van der Waals surface area contributed by atoms with Gasteiger partial charge in [0.1, 0.15) is 5.82 Å². The van der Waals surface area contributed by atoms with Crippen molar-refractivity contribution in [2.24, 2.45) is 5.92 Å². The molecule has 1 rings (SSSR count). The Labute approximate surface area is 117 Å². The Morgan fingerprint density at radius 3 is 2.65 bits per heavy atom. The van der Waals surface area contributed by atoms with Crippen LogP contribution in [-0.2, 0) is 9.59 Å². The van der Waals surface area contributed by atoms with E-state index in [4.69, 9.17) is 5.11 Å². The van der Waals surface area contributed by atoms with E-state index in [1.165, 1.54) is 24.3 Å². The van der Waals surface area contributed by atoms with Crippen molar-refractivity contribution in [3.8, 4) is 0 Å². The van der Waals surface area contributed by atoms with Crippen molar-refractivity contribution >= 4 is 23.6 Å². The Balaban J connectivity index is 2.67. The zero-order valence-corrected chi connectivity index (χ0v) is 11.5. The van der Waals surface area contributed by atoms with Gasteiger partial charge in [-0.15, -0.1) is 0 Å². The standard InChI is InChI=1S/C15H18FNO3/c1-10(2)3-7-14(18)17-12-6-4-11(13(16)9-12)5-8-15(19)20/h4-6,8-10H,3,7H2,1-2H3,(H,17,18)(H,19,20). The van der Waals surface area contributed by atoms with E-state index in [-0.39, 0.29) is 11.5 Å². The number of anilines is 1. The molecule has 0 aromatic heterocycles. The summed E-state index contributed by atoms with van der Waals surface area (Å²) < 4.78 is 13.7. The highest BCUT2D eigenvalue weighted by Gasteiger charge is 2.06. The minimum atomic E-state index is -1.14. The van der Waals surface area contributed by atoms with E-state index in [0.717, 1.165) is 12.5 Å². The smallest absolute Gasteiger partial charge is 0.328 e. The molecule has 4 nitrogen and oxygen atoms in total. The number of rotatable bonds is 6.